The summed E-state index contributed by atoms with van der Waals surface area (Å²) in [4.78, 5) is 25.0. The molecule has 4 heteroatoms. The maximum absolute atomic E-state index is 12.7. The Bertz CT molecular complexity index is 869. The Morgan fingerprint density at radius 3 is 1.55 bits per heavy atom. The molecule has 1 unspecified atom stereocenters. The molecule has 1 atom stereocenters. The van der Waals surface area contributed by atoms with Crippen molar-refractivity contribution in [2.75, 3.05) is 10.6 Å². The Morgan fingerprint density at radius 2 is 1.16 bits per heavy atom. The molecule has 0 aliphatic rings. The lowest BCUT2D eigenvalue weighted by molar-refractivity contribution is -0.125. The number of carbonyl (C=O) groups excluding carboxylic acids is 2. The first-order chi connectivity index (χ1) is 14.6. The second-order valence-electron chi connectivity index (χ2n) is 9.38. The number of hydrogen-bond acceptors (Lipinski definition) is 2. The summed E-state index contributed by atoms with van der Waals surface area (Å²) in [5.41, 5.74) is 3.30. The predicted octanol–water partition coefficient (Wildman–Crippen LogP) is 6.81. The van der Waals surface area contributed by atoms with Gasteiger partial charge in [0, 0.05) is 22.2 Å². The normalized spacial score (nSPS) is 13.4. The van der Waals surface area contributed by atoms with E-state index in [9.17, 15) is 9.59 Å². The molecule has 0 spiro atoms. The molecule has 2 rings (SSSR count). The first-order valence-electron chi connectivity index (χ1n) is 11.4. The lowest BCUT2D eigenvalue weighted by Crippen LogP contribution is -2.32. The quantitative estimate of drug-likeness (QED) is 0.442. The number of benzene rings is 2. The van der Waals surface area contributed by atoms with E-state index in [0.717, 1.165) is 43.5 Å². The molecule has 0 saturated carbocycles. The van der Waals surface area contributed by atoms with Gasteiger partial charge in [0.05, 0.1) is 0 Å². The molecule has 31 heavy (non-hydrogen) atoms. The van der Waals surface area contributed by atoms with Crippen LogP contribution in [0.5, 0.6) is 0 Å². The summed E-state index contributed by atoms with van der Waals surface area (Å²) in [5.74, 6) is 0.131. The van der Waals surface area contributed by atoms with Crippen molar-refractivity contribution in [2.45, 2.75) is 73.6 Å². The van der Waals surface area contributed by atoms with Crippen LogP contribution in [0.1, 0.15) is 78.4 Å². The van der Waals surface area contributed by atoms with Crippen molar-refractivity contribution in [1.82, 2.24) is 0 Å². The minimum absolute atomic E-state index is 0.0403. The van der Waals surface area contributed by atoms with Gasteiger partial charge in [-0.3, -0.25) is 9.59 Å². The van der Waals surface area contributed by atoms with E-state index >= 15 is 0 Å². The van der Waals surface area contributed by atoms with Gasteiger partial charge in [-0.1, -0.05) is 72.2 Å². The second kappa shape index (κ2) is 10.6. The Hall–Kier alpha value is -2.62. The van der Waals surface area contributed by atoms with Gasteiger partial charge in [0.2, 0.25) is 11.8 Å². The van der Waals surface area contributed by atoms with Gasteiger partial charge in [-0.15, -0.1) is 0 Å². The molecule has 0 saturated heterocycles. The van der Waals surface area contributed by atoms with Crippen LogP contribution in [-0.4, -0.2) is 11.8 Å². The third-order valence-corrected chi connectivity index (χ3v) is 6.46. The van der Waals surface area contributed by atoms with Gasteiger partial charge < -0.3 is 10.6 Å². The van der Waals surface area contributed by atoms with Crippen molar-refractivity contribution in [3.05, 3.63) is 59.7 Å². The van der Waals surface area contributed by atoms with Crippen LogP contribution in [0, 0.1) is 10.8 Å². The van der Waals surface area contributed by atoms with Crippen molar-refractivity contribution >= 4 is 23.2 Å². The minimum atomic E-state index is -0.374. The van der Waals surface area contributed by atoms with Gasteiger partial charge >= 0.3 is 0 Å². The van der Waals surface area contributed by atoms with Crippen LogP contribution in [0.2, 0.25) is 0 Å². The Balaban J connectivity index is 1.97. The van der Waals surface area contributed by atoms with Gasteiger partial charge in [-0.05, 0) is 61.1 Å². The summed E-state index contributed by atoms with van der Waals surface area (Å²) in [5, 5.41) is 6.07. The molecular weight excluding hydrogens is 384 g/mol. The molecule has 0 fully saturated rings. The van der Waals surface area contributed by atoms with Gasteiger partial charge in [0.1, 0.15) is 0 Å². The van der Waals surface area contributed by atoms with E-state index in [1.165, 1.54) is 11.1 Å². The molecule has 168 valence electrons. The molecule has 2 N–H and O–H groups in total. The molecule has 0 heterocycles. The lowest BCUT2D eigenvalue weighted by atomic mass is 9.82. The monoisotopic (exact) mass is 422 g/mol. The summed E-state index contributed by atoms with van der Waals surface area (Å²) >= 11 is 0. The highest BCUT2D eigenvalue weighted by Crippen LogP contribution is 2.29. The number of amides is 2. The third-order valence-electron chi connectivity index (χ3n) is 6.46. The zero-order chi connectivity index (χ0) is 23.1. The fourth-order valence-corrected chi connectivity index (χ4v) is 3.39. The second-order valence-corrected chi connectivity index (χ2v) is 9.38. The molecule has 4 nitrogen and oxygen atoms in total. The summed E-state index contributed by atoms with van der Waals surface area (Å²) < 4.78 is 0. The van der Waals surface area contributed by atoms with E-state index in [2.05, 4.69) is 36.6 Å². The van der Waals surface area contributed by atoms with Crippen LogP contribution >= 0.6 is 0 Å². The van der Waals surface area contributed by atoms with E-state index in [0.29, 0.717) is 0 Å². The highest BCUT2D eigenvalue weighted by atomic mass is 16.2. The third kappa shape index (κ3) is 6.68. The first-order valence-corrected chi connectivity index (χ1v) is 11.4. The van der Waals surface area contributed by atoms with Crippen LogP contribution < -0.4 is 10.6 Å². The van der Waals surface area contributed by atoms with E-state index in [4.69, 9.17) is 0 Å². The van der Waals surface area contributed by atoms with Crippen LogP contribution in [-0.2, 0) is 16.0 Å². The molecule has 2 amide bonds. The van der Waals surface area contributed by atoms with Gasteiger partial charge in [-0.2, -0.15) is 0 Å². The van der Waals surface area contributed by atoms with E-state index < -0.39 is 0 Å². The molecular formula is C27H38N2O2. The average molecular weight is 423 g/mol. The van der Waals surface area contributed by atoms with Crippen molar-refractivity contribution in [2.24, 2.45) is 10.8 Å². The van der Waals surface area contributed by atoms with Crippen LogP contribution in [0.15, 0.2) is 48.5 Å². The maximum Gasteiger partial charge on any atom is 0.230 e. The number of rotatable bonds is 10. The largest absolute Gasteiger partial charge is 0.326 e. The number of hydrogen-bond donors (Lipinski definition) is 2. The summed E-state index contributed by atoms with van der Waals surface area (Å²) in [7, 11) is 0. The van der Waals surface area contributed by atoms with Crippen molar-refractivity contribution < 1.29 is 9.59 Å². The average Bonchev–Trinajstić information content (AvgIpc) is 2.76. The fraction of sp³-hybridized carbons (Fsp3) is 0.481. The predicted molar refractivity (Wildman–Crippen MR) is 130 cm³/mol. The van der Waals surface area contributed by atoms with Crippen LogP contribution in [0.25, 0.3) is 0 Å². The summed E-state index contributed by atoms with van der Waals surface area (Å²) in [6.45, 7) is 12.1. The number of nitrogens with one attached hydrogen (secondary N) is 2. The van der Waals surface area contributed by atoms with Crippen molar-refractivity contribution in [3.8, 4) is 0 Å². The zero-order valence-corrected chi connectivity index (χ0v) is 20.0. The zero-order valence-electron chi connectivity index (χ0n) is 20.0. The highest BCUT2D eigenvalue weighted by molar-refractivity contribution is 5.95. The topological polar surface area (TPSA) is 58.2 Å². The molecule has 0 radical (unpaired) electrons. The lowest BCUT2D eigenvalue weighted by Gasteiger charge is -2.26. The van der Waals surface area contributed by atoms with E-state index in [-0.39, 0.29) is 22.6 Å². The smallest absolute Gasteiger partial charge is 0.230 e. The van der Waals surface area contributed by atoms with Crippen molar-refractivity contribution in [1.29, 1.82) is 0 Å². The van der Waals surface area contributed by atoms with E-state index in [1.807, 2.05) is 64.1 Å². The Kier molecular flexibility index (Phi) is 8.43. The minimum Gasteiger partial charge on any atom is -0.326 e. The highest BCUT2D eigenvalue weighted by Gasteiger charge is 2.30. The fourth-order valence-electron chi connectivity index (χ4n) is 3.39. The Labute approximate surface area is 187 Å². The van der Waals surface area contributed by atoms with Crippen LogP contribution in [0.3, 0.4) is 0 Å². The number of anilines is 2. The van der Waals surface area contributed by atoms with Gasteiger partial charge in [-0.25, -0.2) is 0 Å². The standard InChI is InChI=1S/C27H38N2O2/c1-7-18-27(6,9-3)25(31)29-23-16-12-21(13-17-23)19-20-10-14-22(15-11-20)28-24(30)26(4,5)8-2/h10-17H,7-9,18-19H2,1-6H3,(H,28,30)(H,29,31). The molecule has 2 aromatic rings. The maximum atomic E-state index is 12.7. The SMILES string of the molecule is CCCC(C)(CC)C(=O)Nc1ccc(Cc2ccc(NC(=O)C(C)(C)CC)cc2)cc1. The van der Waals surface area contributed by atoms with Crippen LogP contribution in [0.4, 0.5) is 11.4 Å². The summed E-state index contributed by atoms with van der Waals surface area (Å²) in [6.07, 6.45) is 4.31. The number of carbonyl (C=O) groups is 2. The van der Waals surface area contributed by atoms with E-state index in [1.54, 1.807) is 0 Å². The van der Waals surface area contributed by atoms with Crippen molar-refractivity contribution in [3.63, 3.8) is 0 Å². The molecule has 0 aliphatic carbocycles. The Morgan fingerprint density at radius 1 is 0.710 bits per heavy atom. The van der Waals surface area contributed by atoms with Gasteiger partial charge in [0.25, 0.3) is 0 Å². The molecule has 2 aromatic carbocycles. The molecule has 0 aromatic heterocycles. The first kappa shape index (κ1) is 24.6. The van der Waals surface area contributed by atoms with Gasteiger partial charge in [0.15, 0.2) is 0 Å². The molecule has 0 aliphatic heterocycles. The summed E-state index contributed by atoms with van der Waals surface area (Å²) in [6, 6.07) is 16.0. The molecule has 0 bridgehead atoms.